The first-order valence-corrected chi connectivity index (χ1v) is 8.49. The summed E-state index contributed by atoms with van der Waals surface area (Å²) in [5.74, 6) is 0.638. The number of β-amino-alcohol motifs (C(OH)–C–C–N with tert-alkyl or cyclic N) is 1. The van der Waals surface area contributed by atoms with E-state index in [4.69, 9.17) is 0 Å². The summed E-state index contributed by atoms with van der Waals surface area (Å²) < 4.78 is 2.21. The zero-order valence-corrected chi connectivity index (χ0v) is 14.3. The summed E-state index contributed by atoms with van der Waals surface area (Å²) in [7, 11) is 0. The second-order valence-electron chi connectivity index (χ2n) is 7.04. The minimum atomic E-state index is -0.426. The van der Waals surface area contributed by atoms with E-state index in [-0.39, 0.29) is 0 Å². The average Bonchev–Trinajstić information content (AvgIpc) is 3.02. The number of aromatic nitrogens is 2. The topological polar surface area (TPSA) is 41.3 Å². The van der Waals surface area contributed by atoms with E-state index in [2.05, 4.69) is 53.4 Å². The van der Waals surface area contributed by atoms with Crippen LogP contribution in [0.1, 0.15) is 42.2 Å². The number of rotatable bonds is 4. The van der Waals surface area contributed by atoms with Crippen LogP contribution in [0.15, 0.2) is 36.9 Å². The molecule has 0 radical (unpaired) electrons. The van der Waals surface area contributed by atoms with Gasteiger partial charge in [-0.1, -0.05) is 36.2 Å². The number of nitrogens with zero attached hydrogens (tertiary/aromatic N) is 3. The van der Waals surface area contributed by atoms with Crippen LogP contribution in [0.25, 0.3) is 0 Å². The van der Waals surface area contributed by atoms with Crippen molar-refractivity contribution in [2.24, 2.45) is 5.92 Å². The van der Waals surface area contributed by atoms with Crippen LogP contribution in [0.4, 0.5) is 0 Å². The Morgan fingerprint density at radius 1 is 1.26 bits per heavy atom. The van der Waals surface area contributed by atoms with Gasteiger partial charge in [0.1, 0.15) is 0 Å². The van der Waals surface area contributed by atoms with Crippen LogP contribution in [0.2, 0.25) is 0 Å². The number of aliphatic hydroxyl groups is 1. The Labute approximate surface area is 138 Å². The lowest BCUT2D eigenvalue weighted by atomic mass is 9.92. The molecule has 1 saturated heterocycles. The maximum absolute atomic E-state index is 10.6. The fraction of sp³-hybridized carbons (Fsp3) is 0.526. The quantitative estimate of drug-likeness (QED) is 0.943. The van der Waals surface area contributed by atoms with Crippen molar-refractivity contribution in [1.29, 1.82) is 0 Å². The molecular formula is C19H27N3O. The molecule has 3 unspecified atom stereocenters. The van der Waals surface area contributed by atoms with Gasteiger partial charge in [-0.3, -0.25) is 4.90 Å². The lowest BCUT2D eigenvalue weighted by Gasteiger charge is -2.38. The maximum Gasteiger partial charge on any atom is 0.0949 e. The summed E-state index contributed by atoms with van der Waals surface area (Å²) in [5.41, 5.74) is 3.45. The highest BCUT2D eigenvalue weighted by Gasteiger charge is 2.28. The number of likely N-dealkylation sites (tertiary alicyclic amines) is 1. The average molecular weight is 313 g/mol. The molecule has 4 nitrogen and oxygen atoms in total. The minimum absolute atomic E-state index is 0.426. The highest BCUT2D eigenvalue weighted by atomic mass is 16.3. The van der Waals surface area contributed by atoms with E-state index >= 15 is 0 Å². The summed E-state index contributed by atoms with van der Waals surface area (Å²) in [6.45, 7) is 9.19. The van der Waals surface area contributed by atoms with Gasteiger partial charge < -0.3 is 9.67 Å². The van der Waals surface area contributed by atoms with E-state index in [0.29, 0.717) is 18.5 Å². The summed E-state index contributed by atoms with van der Waals surface area (Å²) in [6.07, 6.45) is 6.53. The van der Waals surface area contributed by atoms with Crippen molar-refractivity contribution in [2.45, 2.75) is 39.3 Å². The molecular weight excluding hydrogens is 286 g/mol. The van der Waals surface area contributed by atoms with Crippen LogP contribution in [0.3, 0.4) is 0 Å². The van der Waals surface area contributed by atoms with Gasteiger partial charge in [0.05, 0.1) is 12.4 Å². The Bertz CT molecular complexity index is 618. The normalized spacial score (nSPS) is 23.8. The fourth-order valence-electron chi connectivity index (χ4n) is 3.69. The number of imidazole rings is 1. The van der Waals surface area contributed by atoms with Gasteiger partial charge in [0.25, 0.3) is 0 Å². The molecule has 1 aliphatic heterocycles. The van der Waals surface area contributed by atoms with Crippen molar-refractivity contribution >= 4 is 0 Å². The molecule has 124 valence electrons. The first kappa shape index (κ1) is 16.2. The molecule has 1 aromatic heterocycles. The first-order chi connectivity index (χ1) is 11.0. The molecule has 23 heavy (non-hydrogen) atoms. The number of aliphatic hydroxyl groups excluding tert-OH is 1. The highest BCUT2D eigenvalue weighted by molar-refractivity contribution is 5.30. The Morgan fingerprint density at radius 2 is 2.00 bits per heavy atom. The number of hydrogen-bond acceptors (Lipinski definition) is 3. The van der Waals surface area contributed by atoms with Crippen LogP contribution in [0, 0.1) is 19.8 Å². The molecule has 3 rings (SSSR count). The van der Waals surface area contributed by atoms with Crippen LogP contribution in [-0.4, -0.2) is 39.2 Å². The summed E-state index contributed by atoms with van der Waals surface area (Å²) in [6, 6.07) is 6.78. The molecule has 1 N–H and O–H groups in total. The summed E-state index contributed by atoms with van der Waals surface area (Å²) >= 11 is 0. The zero-order valence-electron chi connectivity index (χ0n) is 14.3. The van der Waals surface area contributed by atoms with E-state index in [0.717, 1.165) is 25.1 Å². The van der Waals surface area contributed by atoms with Gasteiger partial charge in [0.15, 0.2) is 0 Å². The standard InChI is InChI=1S/C19H27N3O/c1-14-8-15(2)10-17(9-14)19(23)12-21-6-4-16(3)18(11-21)22-7-5-20-13-22/h5,7-10,13,16,18-19,23H,4,6,11-12H2,1-3H3. The van der Waals surface area contributed by atoms with Gasteiger partial charge >= 0.3 is 0 Å². The van der Waals surface area contributed by atoms with Crippen molar-refractivity contribution < 1.29 is 5.11 Å². The molecule has 0 spiro atoms. The SMILES string of the molecule is Cc1cc(C)cc(C(O)CN2CCC(C)C(n3ccnc3)C2)c1. The molecule has 1 aromatic carbocycles. The third kappa shape index (κ3) is 3.82. The van der Waals surface area contributed by atoms with Crippen molar-refractivity contribution in [3.63, 3.8) is 0 Å². The molecule has 1 fully saturated rings. The van der Waals surface area contributed by atoms with Crippen LogP contribution in [-0.2, 0) is 0 Å². The largest absolute Gasteiger partial charge is 0.387 e. The van der Waals surface area contributed by atoms with Gasteiger partial charge in [-0.05, 0) is 38.3 Å². The third-order valence-corrected chi connectivity index (χ3v) is 4.97. The monoisotopic (exact) mass is 313 g/mol. The molecule has 0 bridgehead atoms. The number of benzene rings is 1. The molecule has 1 aliphatic rings. The summed E-state index contributed by atoms with van der Waals surface area (Å²) in [5, 5.41) is 10.6. The molecule has 0 aliphatic carbocycles. The van der Waals surface area contributed by atoms with E-state index in [1.54, 1.807) is 0 Å². The van der Waals surface area contributed by atoms with E-state index < -0.39 is 6.10 Å². The number of hydrogen-bond donors (Lipinski definition) is 1. The Hall–Kier alpha value is -1.65. The van der Waals surface area contributed by atoms with E-state index in [1.807, 2.05) is 18.7 Å². The molecule has 2 heterocycles. The second kappa shape index (κ2) is 6.85. The predicted octanol–water partition coefficient (Wildman–Crippen LogP) is 3.12. The van der Waals surface area contributed by atoms with Crippen LogP contribution in [0.5, 0.6) is 0 Å². The Kier molecular flexibility index (Phi) is 4.83. The number of piperidine rings is 1. The van der Waals surface area contributed by atoms with Crippen molar-refractivity contribution in [3.05, 3.63) is 53.6 Å². The van der Waals surface area contributed by atoms with Gasteiger partial charge in [0.2, 0.25) is 0 Å². The molecule has 0 saturated carbocycles. The van der Waals surface area contributed by atoms with E-state index in [9.17, 15) is 5.11 Å². The van der Waals surface area contributed by atoms with Gasteiger partial charge in [0, 0.05) is 31.5 Å². The van der Waals surface area contributed by atoms with Gasteiger partial charge in [-0.15, -0.1) is 0 Å². The van der Waals surface area contributed by atoms with Crippen LogP contribution >= 0.6 is 0 Å². The smallest absolute Gasteiger partial charge is 0.0949 e. The van der Waals surface area contributed by atoms with Crippen molar-refractivity contribution in [3.8, 4) is 0 Å². The lowest BCUT2D eigenvalue weighted by Crippen LogP contribution is -2.42. The van der Waals surface area contributed by atoms with E-state index in [1.165, 1.54) is 11.1 Å². The minimum Gasteiger partial charge on any atom is -0.387 e. The van der Waals surface area contributed by atoms with Crippen molar-refractivity contribution in [1.82, 2.24) is 14.5 Å². The van der Waals surface area contributed by atoms with Crippen LogP contribution < -0.4 is 0 Å². The Balaban J connectivity index is 1.67. The molecule has 2 aromatic rings. The van der Waals surface area contributed by atoms with Gasteiger partial charge in [-0.25, -0.2) is 4.98 Å². The summed E-state index contributed by atoms with van der Waals surface area (Å²) in [4.78, 5) is 6.56. The Morgan fingerprint density at radius 3 is 2.65 bits per heavy atom. The fourth-order valence-corrected chi connectivity index (χ4v) is 3.69. The van der Waals surface area contributed by atoms with Gasteiger partial charge in [-0.2, -0.15) is 0 Å². The highest BCUT2D eigenvalue weighted by Crippen LogP contribution is 2.29. The first-order valence-electron chi connectivity index (χ1n) is 8.49. The maximum atomic E-state index is 10.6. The second-order valence-corrected chi connectivity index (χ2v) is 7.04. The third-order valence-electron chi connectivity index (χ3n) is 4.97. The number of aryl methyl sites for hydroxylation is 2. The molecule has 0 amide bonds. The molecule has 4 heteroatoms. The lowest BCUT2D eigenvalue weighted by molar-refractivity contribution is 0.0685. The zero-order chi connectivity index (χ0) is 16.4. The molecule has 3 atom stereocenters. The predicted molar refractivity (Wildman–Crippen MR) is 92.4 cm³/mol. The van der Waals surface area contributed by atoms with Crippen molar-refractivity contribution in [2.75, 3.05) is 19.6 Å².